The van der Waals surface area contributed by atoms with E-state index in [0.29, 0.717) is 0 Å². The number of rotatable bonds is 3. The third kappa shape index (κ3) is 1.99. The fraction of sp³-hybridized carbons (Fsp3) is 0.818. The first-order valence-electron chi connectivity index (χ1n) is 5.40. The average molecular weight is 228 g/mol. The Balaban J connectivity index is 2.47. The molecule has 0 radical (unpaired) electrons. The van der Waals surface area contributed by atoms with Gasteiger partial charge < -0.3 is 15.7 Å². The van der Waals surface area contributed by atoms with Gasteiger partial charge in [0.05, 0.1) is 0 Å². The Morgan fingerprint density at radius 2 is 1.62 bits per heavy atom. The van der Waals surface area contributed by atoms with Gasteiger partial charge in [0.25, 0.3) is 0 Å². The third-order valence-corrected chi connectivity index (χ3v) is 4.01. The van der Waals surface area contributed by atoms with Crippen molar-refractivity contribution in [2.75, 3.05) is 0 Å². The third-order valence-electron chi connectivity index (χ3n) is 4.01. The number of carboxylic acids is 1. The normalized spacial score (nSPS) is 23.3. The minimum atomic E-state index is -1.04. The zero-order valence-electron chi connectivity index (χ0n) is 10.4. The molecule has 0 aliphatic heterocycles. The summed E-state index contributed by atoms with van der Waals surface area (Å²) in [4.78, 5) is 22.0. The lowest BCUT2D eigenvalue weighted by atomic mass is 10.0. The van der Waals surface area contributed by atoms with Gasteiger partial charge in [-0.1, -0.05) is 27.7 Å². The molecular formula is C11H20N2O3. The van der Waals surface area contributed by atoms with Crippen molar-refractivity contribution in [1.29, 1.82) is 0 Å². The van der Waals surface area contributed by atoms with Gasteiger partial charge >= 0.3 is 12.0 Å². The van der Waals surface area contributed by atoms with Gasteiger partial charge in [-0.25, -0.2) is 4.79 Å². The fourth-order valence-corrected chi connectivity index (χ4v) is 1.99. The summed E-state index contributed by atoms with van der Waals surface area (Å²) >= 11 is 0. The Morgan fingerprint density at radius 3 is 1.94 bits per heavy atom. The number of carbonyl (C=O) groups is 2. The molecule has 2 amide bonds. The first-order chi connectivity index (χ1) is 7.10. The molecule has 1 saturated carbocycles. The van der Waals surface area contributed by atoms with Gasteiger partial charge in [0.15, 0.2) is 0 Å². The number of hydrogen-bond acceptors (Lipinski definition) is 2. The Bertz CT molecular complexity index is 309. The van der Waals surface area contributed by atoms with Crippen molar-refractivity contribution < 1.29 is 14.7 Å². The van der Waals surface area contributed by atoms with E-state index in [-0.39, 0.29) is 16.9 Å². The van der Waals surface area contributed by atoms with Gasteiger partial charge in [-0.2, -0.15) is 0 Å². The van der Waals surface area contributed by atoms with Crippen molar-refractivity contribution in [3.8, 4) is 0 Å². The molecule has 0 heterocycles. The number of aliphatic carboxylic acids is 1. The van der Waals surface area contributed by atoms with Gasteiger partial charge in [0, 0.05) is 6.04 Å². The van der Waals surface area contributed by atoms with E-state index < -0.39 is 18.0 Å². The van der Waals surface area contributed by atoms with Gasteiger partial charge in [-0.05, 0) is 17.8 Å². The number of nitrogens with one attached hydrogen (secondary N) is 2. The summed E-state index contributed by atoms with van der Waals surface area (Å²) in [5.41, 5.74) is 0.105. The molecule has 1 fully saturated rings. The first kappa shape index (κ1) is 12.8. The Morgan fingerprint density at radius 1 is 1.19 bits per heavy atom. The Hall–Kier alpha value is -1.26. The Labute approximate surface area is 95.6 Å². The minimum absolute atomic E-state index is 0.0524. The molecule has 0 spiro atoms. The van der Waals surface area contributed by atoms with Crippen LogP contribution in [-0.2, 0) is 4.79 Å². The number of amides is 2. The maximum Gasteiger partial charge on any atom is 0.325 e. The lowest BCUT2D eigenvalue weighted by Gasteiger charge is -2.11. The smallest absolute Gasteiger partial charge is 0.325 e. The van der Waals surface area contributed by atoms with Crippen LogP contribution in [-0.4, -0.2) is 29.2 Å². The van der Waals surface area contributed by atoms with Gasteiger partial charge in [-0.15, -0.1) is 0 Å². The maximum atomic E-state index is 11.5. The Kier molecular flexibility index (Phi) is 2.92. The van der Waals surface area contributed by atoms with Crippen LogP contribution >= 0.6 is 0 Å². The standard InChI is InChI=1S/C11H20N2O3/c1-6(7(14)15)12-9(16)13-8-10(2,3)11(8,4)5/h6,8H,1-5H3,(H,14,15)(H2,12,13,16)/t6-/m1/s1. The van der Waals surface area contributed by atoms with E-state index in [4.69, 9.17) is 5.11 Å². The summed E-state index contributed by atoms with van der Waals surface area (Å²) < 4.78 is 0. The molecule has 0 aromatic rings. The van der Waals surface area contributed by atoms with Crippen LogP contribution in [0.5, 0.6) is 0 Å². The van der Waals surface area contributed by atoms with Crippen molar-refractivity contribution in [2.45, 2.75) is 46.7 Å². The molecule has 1 aliphatic rings. The van der Waals surface area contributed by atoms with Crippen LogP contribution in [0, 0.1) is 10.8 Å². The van der Waals surface area contributed by atoms with Crippen LogP contribution < -0.4 is 10.6 Å². The van der Waals surface area contributed by atoms with Gasteiger partial charge in [0.2, 0.25) is 0 Å². The highest BCUT2D eigenvalue weighted by molar-refractivity contribution is 5.82. The highest BCUT2D eigenvalue weighted by Gasteiger charge is 2.65. The molecule has 0 bridgehead atoms. The van der Waals surface area contributed by atoms with Crippen LogP contribution in [0.15, 0.2) is 0 Å². The van der Waals surface area contributed by atoms with Crippen LogP contribution in [0.2, 0.25) is 0 Å². The number of carboxylic acid groups (broad SMARTS) is 1. The topological polar surface area (TPSA) is 78.4 Å². The van der Waals surface area contributed by atoms with Crippen LogP contribution in [0.4, 0.5) is 4.79 Å². The van der Waals surface area contributed by atoms with E-state index in [0.717, 1.165) is 0 Å². The van der Waals surface area contributed by atoms with E-state index in [2.05, 4.69) is 38.3 Å². The van der Waals surface area contributed by atoms with E-state index in [1.54, 1.807) is 0 Å². The minimum Gasteiger partial charge on any atom is -0.480 e. The summed E-state index contributed by atoms with van der Waals surface area (Å²) in [7, 11) is 0. The van der Waals surface area contributed by atoms with E-state index in [9.17, 15) is 9.59 Å². The van der Waals surface area contributed by atoms with Crippen molar-refractivity contribution in [2.24, 2.45) is 10.8 Å². The molecule has 0 saturated heterocycles. The molecule has 5 nitrogen and oxygen atoms in total. The highest BCUT2D eigenvalue weighted by atomic mass is 16.4. The molecule has 92 valence electrons. The SMILES string of the molecule is C[C@@H](NC(=O)NC1C(C)(C)C1(C)C)C(=O)O. The predicted molar refractivity (Wildman–Crippen MR) is 60.1 cm³/mol. The summed E-state index contributed by atoms with van der Waals surface area (Å²) in [6, 6.07) is -1.20. The van der Waals surface area contributed by atoms with E-state index >= 15 is 0 Å². The number of hydrogen-bond donors (Lipinski definition) is 3. The zero-order valence-corrected chi connectivity index (χ0v) is 10.4. The second kappa shape index (κ2) is 3.64. The molecular weight excluding hydrogens is 208 g/mol. The lowest BCUT2D eigenvalue weighted by Crippen LogP contribution is -2.46. The van der Waals surface area contributed by atoms with E-state index in [1.165, 1.54) is 6.92 Å². The summed E-state index contributed by atoms with van der Waals surface area (Å²) in [6.45, 7) is 9.76. The average Bonchev–Trinajstić information content (AvgIpc) is 2.47. The van der Waals surface area contributed by atoms with Gasteiger partial charge in [0.1, 0.15) is 6.04 Å². The van der Waals surface area contributed by atoms with Gasteiger partial charge in [-0.3, -0.25) is 4.79 Å². The largest absolute Gasteiger partial charge is 0.480 e. The van der Waals surface area contributed by atoms with Crippen molar-refractivity contribution >= 4 is 12.0 Å². The van der Waals surface area contributed by atoms with Crippen molar-refractivity contribution in [3.05, 3.63) is 0 Å². The second-order valence-corrected chi connectivity index (χ2v) is 5.55. The number of carbonyl (C=O) groups excluding carboxylic acids is 1. The van der Waals surface area contributed by atoms with Crippen molar-refractivity contribution in [3.63, 3.8) is 0 Å². The molecule has 1 aliphatic carbocycles. The molecule has 0 aromatic carbocycles. The maximum absolute atomic E-state index is 11.5. The predicted octanol–water partition coefficient (Wildman–Crippen LogP) is 1.19. The summed E-state index contributed by atoms with van der Waals surface area (Å²) in [6.07, 6.45) is 0. The first-order valence-corrected chi connectivity index (χ1v) is 5.40. The van der Waals surface area contributed by atoms with Crippen LogP contribution in [0.1, 0.15) is 34.6 Å². The van der Waals surface area contributed by atoms with Crippen LogP contribution in [0.3, 0.4) is 0 Å². The highest BCUT2D eigenvalue weighted by Crippen LogP contribution is 2.62. The molecule has 16 heavy (non-hydrogen) atoms. The fourth-order valence-electron chi connectivity index (χ4n) is 1.99. The molecule has 3 N–H and O–H groups in total. The molecule has 1 rings (SSSR count). The molecule has 5 heteroatoms. The second-order valence-electron chi connectivity index (χ2n) is 5.55. The zero-order chi connectivity index (χ0) is 12.7. The van der Waals surface area contributed by atoms with Crippen LogP contribution in [0.25, 0.3) is 0 Å². The molecule has 0 aromatic heterocycles. The lowest BCUT2D eigenvalue weighted by molar-refractivity contribution is -0.138. The summed E-state index contributed by atoms with van der Waals surface area (Å²) in [5, 5.41) is 13.8. The van der Waals surface area contributed by atoms with Crippen molar-refractivity contribution in [1.82, 2.24) is 10.6 Å². The molecule has 1 atom stereocenters. The molecule has 0 unspecified atom stereocenters. The quantitative estimate of drug-likeness (QED) is 0.679. The summed E-state index contributed by atoms with van der Waals surface area (Å²) in [5.74, 6) is -1.04. The monoisotopic (exact) mass is 228 g/mol. The van der Waals surface area contributed by atoms with E-state index in [1.807, 2.05) is 0 Å². The number of urea groups is 1.